The maximum Gasteiger partial charge on any atom is 0.184 e. The Morgan fingerprint density at radius 2 is 2.08 bits per heavy atom. The summed E-state index contributed by atoms with van der Waals surface area (Å²) in [6, 6.07) is 11.2. The van der Waals surface area contributed by atoms with Gasteiger partial charge in [0.05, 0.1) is 17.8 Å². The van der Waals surface area contributed by atoms with Crippen LogP contribution in [0, 0.1) is 0 Å². The molecule has 10 nitrogen and oxygen atoms in total. The molecule has 0 amide bonds. The van der Waals surface area contributed by atoms with Crippen LogP contribution in [-0.4, -0.2) is 62.4 Å². The third-order valence-corrected chi connectivity index (χ3v) is 9.22. The topological polar surface area (TPSA) is 119 Å². The summed E-state index contributed by atoms with van der Waals surface area (Å²) in [5.74, 6) is 0. The molecule has 0 aliphatic carbocycles. The number of methoxy groups -OCH3 is 1. The molecule has 14 heteroatoms. The lowest BCUT2D eigenvalue weighted by Gasteiger charge is -2.48. The van der Waals surface area contributed by atoms with Gasteiger partial charge in [0.15, 0.2) is 11.4 Å². The molecule has 0 saturated carbocycles. The lowest BCUT2D eigenvalue weighted by Crippen LogP contribution is -2.59. The average Bonchev–Trinajstić information content (AvgIpc) is 3.59. The molecule has 6 rings (SSSR count). The monoisotopic (exact) mass is 636 g/mol. The summed E-state index contributed by atoms with van der Waals surface area (Å²) in [5, 5.41) is 11.7. The minimum Gasteiger partial charge on any atom is -0.375 e. The first-order valence-corrected chi connectivity index (χ1v) is 14.5. The quantitative estimate of drug-likeness (QED) is 0.290. The second-order valence-corrected chi connectivity index (χ2v) is 11.8. The number of anilines is 1. The van der Waals surface area contributed by atoms with E-state index >= 15 is 0 Å². The predicted octanol–water partition coefficient (Wildman–Crippen LogP) is 4.98. The van der Waals surface area contributed by atoms with E-state index < -0.39 is 36.1 Å². The van der Waals surface area contributed by atoms with E-state index in [0.29, 0.717) is 32.8 Å². The Morgan fingerprint density at radius 1 is 1.24 bits per heavy atom. The number of hydrogen-bond acceptors (Lipinski definition) is 11. The van der Waals surface area contributed by atoms with Crippen molar-refractivity contribution in [2.75, 3.05) is 19.5 Å². The predicted molar refractivity (Wildman–Crippen MR) is 147 cm³/mol. The molecule has 2 saturated heterocycles. The number of thiazole rings is 1. The van der Waals surface area contributed by atoms with Gasteiger partial charge in [-0.2, -0.15) is 0 Å². The van der Waals surface area contributed by atoms with Gasteiger partial charge in [0.25, 0.3) is 0 Å². The van der Waals surface area contributed by atoms with Crippen LogP contribution in [0.5, 0.6) is 0 Å². The summed E-state index contributed by atoms with van der Waals surface area (Å²) in [6.07, 6.45) is 1.56. The third kappa shape index (κ3) is 5.21. The van der Waals surface area contributed by atoms with Gasteiger partial charge in [-0.3, -0.25) is 0 Å². The molecule has 0 bridgehead atoms. The van der Waals surface area contributed by atoms with E-state index in [1.54, 1.807) is 18.0 Å². The van der Waals surface area contributed by atoms with E-state index in [-0.39, 0.29) is 0 Å². The Bertz CT molecular complexity index is 1410. The summed E-state index contributed by atoms with van der Waals surface area (Å²) in [5.41, 5.74) is 7.57. The summed E-state index contributed by atoms with van der Waals surface area (Å²) in [4.78, 5) is 9.47. The Morgan fingerprint density at radius 3 is 2.84 bits per heavy atom. The van der Waals surface area contributed by atoms with Crippen molar-refractivity contribution in [2.45, 2.75) is 41.0 Å². The van der Waals surface area contributed by atoms with Gasteiger partial charge in [-0.1, -0.05) is 58.9 Å². The van der Waals surface area contributed by atoms with E-state index in [0.717, 1.165) is 10.5 Å². The fourth-order valence-electron chi connectivity index (χ4n) is 4.55. The van der Waals surface area contributed by atoms with Gasteiger partial charge >= 0.3 is 0 Å². The van der Waals surface area contributed by atoms with Crippen LogP contribution in [0.25, 0.3) is 11.4 Å². The van der Waals surface area contributed by atoms with Gasteiger partial charge in [-0.05, 0) is 22.0 Å². The number of nitrogen functional groups attached to an aromatic ring is 1. The Kier molecular flexibility index (Phi) is 7.69. The summed E-state index contributed by atoms with van der Waals surface area (Å²) < 4.78 is 27.7. The number of rotatable bonds is 6. The Hall–Kier alpha value is -2.10. The third-order valence-electron chi connectivity index (χ3n) is 6.27. The molecule has 2 N–H and O–H groups in total. The molecule has 2 fully saturated rings. The number of fused-ring (bicyclic) bond motifs is 1. The molecule has 38 heavy (non-hydrogen) atoms. The van der Waals surface area contributed by atoms with Crippen LogP contribution in [0.15, 0.2) is 63.7 Å². The van der Waals surface area contributed by atoms with Crippen LogP contribution < -0.4 is 5.73 Å². The Labute approximate surface area is 239 Å². The van der Waals surface area contributed by atoms with Crippen molar-refractivity contribution < 1.29 is 18.9 Å². The normalized spacial score (nSPS) is 27.2. The number of aromatic nitrogens is 5. The van der Waals surface area contributed by atoms with Crippen molar-refractivity contribution in [3.05, 3.63) is 69.4 Å². The molecular weight excluding hydrogens is 616 g/mol. The van der Waals surface area contributed by atoms with E-state index in [1.165, 1.54) is 23.1 Å². The first kappa shape index (κ1) is 26.1. The first-order valence-electron chi connectivity index (χ1n) is 11.6. The van der Waals surface area contributed by atoms with Gasteiger partial charge in [0.1, 0.15) is 45.8 Å². The molecule has 1 aromatic carbocycles. The van der Waals surface area contributed by atoms with Crippen LogP contribution >= 0.6 is 50.6 Å². The van der Waals surface area contributed by atoms with Crippen molar-refractivity contribution in [1.82, 2.24) is 25.0 Å². The van der Waals surface area contributed by atoms with Gasteiger partial charge < -0.3 is 24.7 Å². The van der Waals surface area contributed by atoms with Crippen LogP contribution in [0.3, 0.4) is 0 Å². The van der Waals surface area contributed by atoms with Crippen molar-refractivity contribution in [1.29, 1.82) is 0 Å². The number of pyridine rings is 1. The van der Waals surface area contributed by atoms with Gasteiger partial charge in [0.2, 0.25) is 0 Å². The SMILES string of the molecule is COC1C(n2cc(-c3csc(N)n3)nn2)[C@H]2OC(c3ccccc3)OCC2O[C@@H]1Sc1cc(Cl)cnc1Br. The molecule has 5 heterocycles. The average molecular weight is 638 g/mol. The summed E-state index contributed by atoms with van der Waals surface area (Å²) in [7, 11) is 1.65. The van der Waals surface area contributed by atoms with E-state index in [2.05, 4.69) is 36.2 Å². The van der Waals surface area contributed by atoms with Crippen LogP contribution in [0.1, 0.15) is 17.9 Å². The van der Waals surface area contributed by atoms with Crippen LogP contribution in [0.4, 0.5) is 5.13 Å². The van der Waals surface area contributed by atoms with Crippen LogP contribution in [0.2, 0.25) is 5.02 Å². The fourth-order valence-corrected chi connectivity index (χ4v) is 7.03. The second kappa shape index (κ2) is 11.2. The highest BCUT2D eigenvalue weighted by molar-refractivity contribution is 9.10. The summed E-state index contributed by atoms with van der Waals surface area (Å²) >= 11 is 12.5. The molecule has 4 unspecified atom stereocenters. The summed E-state index contributed by atoms with van der Waals surface area (Å²) in [6.45, 7) is 0.327. The highest BCUT2D eigenvalue weighted by Crippen LogP contribution is 2.45. The lowest BCUT2D eigenvalue weighted by atomic mass is 9.95. The molecule has 4 aromatic rings. The Balaban J connectivity index is 1.36. The molecule has 6 atom stereocenters. The number of thioether (sulfide) groups is 1. The fraction of sp³-hybridized carbons (Fsp3) is 0.333. The highest BCUT2D eigenvalue weighted by atomic mass is 79.9. The zero-order valence-corrected chi connectivity index (χ0v) is 23.9. The largest absolute Gasteiger partial charge is 0.375 e. The number of ether oxygens (including phenoxy) is 4. The van der Waals surface area contributed by atoms with Crippen molar-refractivity contribution in [2.24, 2.45) is 0 Å². The zero-order valence-electron chi connectivity index (χ0n) is 19.9. The molecule has 198 valence electrons. The minimum atomic E-state index is -0.558. The van der Waals surface area contributed by atoms with E-state index in [4.69, 9.17) is 36.3 Å². The molecule has 2 aliphatic rings. The van der Waals surface area contributed by atoms with E-state index in [1.807, 2.05) is 48.0 Å². The standard InChI is InChI=1S/C24H22BrClN6O4S2/c1-33-20-18(32-9-14(30-31-32)15-11-37-24(27)29-15)19-16(10-34-22(36-19)12-5-3-2-4-6-12)35-23(20)38-17-7-13(26)8-28-21(17)25/h2-9,11,16,18-20,22-23H,10H2,1H3,(H2,27,29)/t16?,18?,19-,20?,22?,23+/m0/s1. The zero-order chi connectivity index (χ0) is 26.2. The number of nitrogens with two attached hydrogens (primary N) is 1. The number of halogens is 2. The molecule has 3 aromatic heterocycles. The van der Waals surface area contributed by atoms with Crippen molar-refractivity contribution >= 4 is 55.8 Å². The molecular formula is C24H22BrClN6O4S2. The molecule has 0 spiro atoms. The minimum absolute atomic E-state index is 0.327. The van der Waals surface area contributed by atoms with Gasteiger partial charge in [0, 0.05) is 29.1 Å². The highest BCUT2D eigenvalue weighted by Gasteiger charge is 2.52. The number of hydrogen-bond donors (Lipinski definition) is 1. The van der Waals surface area contributed by atoms with Crippen LogP contribution in [-0.2, 0) is 18.9 Å². The maximum atomic E-state index is 6.53. The molecule has 2 aliphatic heterocycles. The molecule has 0 radical (unpaired) electrons. The van der Waals surface area contributed by atoms with E-state index in [9.17, 15) is 0 Å². The smallest absolute Gasteiger partial charge is 0.184 e. The van der Waals surface area contributed by atoms with Crippen molar-refractivity contribution in [3.8, 4) is 11.4 Å². The van der Waals surface area contributed by atoms with Gasteiger partial charge in [-0.25, -0.2) is 14.6 Å². The number of nitrogens with zero attached hydrogens (tertiary/aromatic N) is 5. The van der Waals surface area contributed by atoms with Gasteiger partial charge in [-0.15, -0.1) is 16.4 Å². The maximum absolute atomic E-state index is 6.53. The second-order valence-electron chi connectivity index (χ2n) is 8.63. The first-order chi connectivity index (χ1) is 18.5. The van der Waals surface area contributed by atoms with Crippen molar-refractivity contribution in [3.63, 3.8) is 0 Å². The lowest BCUT2D eigenvalue weighted by molar-refractivity contribution is -0.308. The number of benzene rings is 1.